The van der Waals surface area contributed by atoms with Crippen molar-refractivity contribution in [1.82, 2.24) is 10.2 Å². The third-order valence-electron chi connectivity index (χ3n) is 4.71. The molecule has 1 aromatic heterocycles. The van der Waals surface area contributed by atoms with Gasteiger partial charge in [-0.15, -0.1) is 0 Å². The fourth-order valence-corrected chi connectivity index (χ4v) is 3.48. The number of anilines is 1. The molecule has 1 unspecified atom stereocenters. The fraction of sp³-hybridized carbons (Fsp3) is 0.450. The molecule has 1 saturated heterocycles. The van der Waals surface area contributed by atoms with E-state index in [1.165, 1.54) is 0 Å². The molecule has 1 amide bonds. The zero-order valence-corrected chi connectivity index (χ0v) is 15.2. The van der Waals surface area contributed by atoms with E-state index >= 15 is 0 Å². The number of nitrogens with one attached hydrogen (secondary N) is 2. The van der Waals surface area contributed by atoms with Crippen LogP contribution in [0.15, 0.2) is 53.1 Å². The van der Waals surface area contributed by atoms with Crippen molar-refractivity contribution >= 4 is 11.6 Å². The van der Waals surface area contributed by atoms with Crippen LogP contribution in [0, 0.1) is 0 Å². The molecule has 6 nitrogen and oxygen atoms in total. The molecule has 0 spiro atoms. The fourth-order valence-electron chi connectivity index (χ4n) is 3.48. The van der Waals surface area contributed by atoms with E-state index in [-0.39, 0.29) is 5.91 Å². The Morgan fingerprint density at radius 2 is 2.12 bits per heavy atom. The molecule has 6 heteroatoms. The molecule has 1 aliphatic rings. The number of carbonyl (C=O) groups is 1. The summed E-state index contributed by atoms with van der Waals surface area (Å²) in [6, 6.07) is 13.8. The third-order valence-corrected chi connectivity index (χ3v) is 4.71. The molecule has 1 aromatic carbocycles. The Kier molecular flexibility index (Phi) is 6.30. The summed E-state index contributed by atoms with van der Waals surface area (Å²) in [4.78, 5) is 15.3. The highest BCUT2D eigenvalue weighted by atomic mass is 16.5. The second-order valence-electron chi connectivity index (χ2n) is 6.72. The minimum Gasteiger partial charge on any atom is -0.468 e. The predicted octanol–water partition coefficient (Wildman–Crippen LogP) is 2.49. The highest BCUT2D eigenvalue weighted by molar-refractivity contribution is 5.90. The molecule has 0 bridgehead atoms. The van der Waals surface area contributed by atoms with Gasteiger partial charge in [0.05, 0.1) is 19.4 Å². The summed E-state index contributed by atoms with van der Waals surface area (Å²) in [5, 5.41) is 6.52. The summed E-state index contributed by atoms with van der Waals surface area (Å²) < 4.78 is 10.5. The summed E-state index contributed by atoms with van der Waals surface area (Å²) >= 11 is 0. The number of carbonyl (C=O) groups excluding carboxylic acids is 1. The van der Waals surface area contributed by atoms with Crippen LogP contribution >= 0.6 is 0 Å². The average Bonchev–Trinajstić information content (AvgIpc) is 3.16. The highest BCUT2D eigenvalue weighted by Crippen LogP contribution is 2.27. The van der Waals surface area contributed by atoms with Crippen molar-refractivity contribution in [2.24, 2.45) is 0 Å². The van der Waals surface area contributed by atoms with Crippen LogP contribution in [0.2, 0.25) is 0 Å². The predicted molar refractivity (Wildman–Crippen MR) is 101 cm³/mol. The third kappa shape index (κ3) is 4.65. The van der Waals surface area contributed by atoms with Crippen LogP contribution in [-0.4, -0.2) is 49.7 Å². The second-order valence-corrected chi connectivity index (χ2v) is 6.72. The van der Waals surface area contributed by atoms with E-state index in [1.54, 1.807) is 13.4 Å². The van der Waals surface area contributed by atoms with Crippen LogP contribution in [0.25, 0.3) is 0 Å². The molecule has 2 heterocycles. The molecule has 0 radical (unpaired) electrons. The number of benzene rings is 1. The maximum absolute atomic E-state index is 13.1. The van der Waals surface area contributed by atoms with Gasteiger partial charge in [0.15, 0.2) is 0 Å². The Morgan fingerprint density at radius 1 is 1.27 bits per heavy atom. The molecule has 26 heavy (non-hydrogen) atoms. The smallest absolute Gasteiger partial charge is 0.247 e. The first-order valence-corrected chi connectivity index (χ1v) is 9.07. The number of para-hydroxylation sites is 1. The van der Waals surface area contributed by atoms with Gasteiger partial charge in [-0.1, -0.05) is 18.2 Å². The van der Waals surface area contributed by atoms with Crippen LogP contribution in [0.4, 0.5) is 5.69 Å². The van der Waals surface area contributed by atoms with Crippen molar-refractivity contribution in [3.05, 3.63) is 54.5 Å². The first-order valence-electron chi connectivity index (χ1n) is 9.07. The number of likely N-dealkylation sites (tertiary alicyclic amines) is 1. The molecule has 2 N–H and O–H groups in total. The number of hydrogen-bond acceptors (Lipinski definition) is 5. The lowest BCUT2D eigenvalue weighted by Crippen LogP contribution is -2.61. The molecule has 1 aliphatic heterocycles. The van der Waals surface area contributed by atoms with Crippen LogP contribution in [-0.2, 0) is 16.1 Å². The topological polar surface area (TPSA) is 66.7 Å². The minimum absolute atomic E-state index is 0.0162. The van der Waals surface area contributed by atoms with Gasteiger partial charge >= 0.3 is 0 Å². The van der Waals surface area contributed by atoms with Crippen LogP contribution in [0.3, 0.4) is 0 Å². The number of ether oxygens (including phenoxy) is 1. The molecule has 2 aromatic rings. The highest BCUT2D eigenvalue weighted by Gasteiger charge is 2.42. The van der Waals surface area contributed by atoms with Crippen molar-refractivity contribution in [3.63, 3.8) is 0 Å². The lowest BCUT2D eigenvalue weighted by Gasteiger charge is -2.42. The Bertz CT molecular complexity index is 675. The van der Waals surface area contributed by atoms with E-state index in [0.717, 1.165) is 30.8 Å². The van der Waals surface area contributed by atoms with Gasteiger partial charge in [0.1, 0.15) is 11.3 Å². The van der Waals surface area contributed by atoms with Gasteiger partial charge < -0.3 is 19.8 Å². The molecule has 140 valence electrons. The molecular formula is C20H27N3O3. The zero-order chi connectivity index (χ0) is 18.2. The largest absolute Gasteiger partial charge is 0.468 e. The van der Waals surface area contributed by atoms with E-state index in [2.05, 4.69) is 15.5 Å². The summed E-state index contributed by atoms with van der Waals surface area (Å²) in [7, 11) is 1.63. The van der Waals surface area contributed by atoms with E-state index in [0.29, 0.717) is 26.2 Å². The minimum atomic E-state index is -0.667. The number of piperidine rings is 1. The number of amides is 1. The number of rotatable bonds is 8. The van der Waals surface area contributed by atoms with Crippen molar-refractivity contribution in [2.45, 2.75) is 24.9 Å². The van der Waals surface area contributed by atoms with Crippen molar-refractivity contribution < 1.29 is 13.9 Å². The van der Waals surface area contributed by atoms with Gasteiger partial charge in [-0.2, -0.15) is 0 Å². The van der Waals surface area contributed by atoms with E-state index in [9.17, 15) is 4.79 Å². The first kappa shape index (κ1) is 18.5. The summed E-state index contributed by atoms with van der Waals surface area (Å²) in [5.74, 6) is 0.933. The maximum Gasteiger partial charge on any atom is 0.247 e. The van der Waals surface area contributed by atoms with Crippen molar-refractivity contribution in [1.29, 1.82) is 0 Å². The average molecular weight is 357 g/mol. The number of methoxy groups -OCH3 is 1. The Hall–Kier alpha value is -2.31. The lowest BCUT2D eigenvalue weighted by atomic mass is 9.87. The van der Waals surface area contributed by atoms with E-state index in [4.69, 9.17) is 9.15 Å². The van der Waals surface area contributed by atoms with Gasteiger partial charge in [-0.05, 0) is 43.7 Å². The van der Waals surface area contributed by atoms with Gasteiger partial charge in [-0.25, -0.2) is 0 Å². The van der Waals surface area contributed by atoms with Crippen LogP contribution in [0.1, 0.15) is 18.6 Å². The van der Waals surface area contributed by atoms with Gasteiger partial charge in [-0.3, -0.25) is 9.69 Å². The summed E-state index contributed by atoms with van der Waals surface area (Å²) in [5.41, 5.74) is 0.286. The van der Waals surface area contributed by atoms with Gasteiger partial charge in [0, 0.05) is 25.9 Å². The Labute approximate surface area is 154 Å². The summed E-state index contributed by atoms with van der Waals surface area (Å²) in [6.45, 7) is 3.29. The number of hydrogen-bond donors (Lipinski definition) is 2. The molecule has 0 aliphatic carbocycles. The molecule has 0 saturated carbocycles. The molecule has 1 atom stereocenters. The van der Waals surface area contributed by atoms with Gasteiger partial charge in [0.25, 0.3) is 0 Å². The maximum atomic E-state index is 13.1. The Balaban J connectivity index is 1.76. The van der Waals surface area contributed by atoms with Crippen LogP contribution in [0.5, 0.6) is 0 Å². The quantitative estimate of drug-likeness (QED) is 0.711. The lowest BCUT2D eigenvalue weighted by molar-refractivity contribution is -0.127. The Morgan fingerprint density at radius 3 is 2.85 bits per heavy atom. The molecular weight excluding hydrogens is 330 g/mol. The zero-order valence-electron chi connectivity index (χ0n) is 15.2. The molecule has 3 rings (SSSR count). The number of nitrogens with zero attached hydrogens (tertiary/aromatic N) is 1. The summed E-state index contributed by atoms with van der Waals surface area (Å²) in [6.07, 6.45) is 3.42. The van der Waals surface area contributed by atoms with E-state index < -0.39 is 5.54 Å². The van der Waals surface area contributed by atoms with Crippen LogP contribution < -0.4 is 10.6 Å². The monoisotopic (exact) mass is 357 g/mol. The van der Waals surface area contributed by atoms with E-state index in [1.807, 2.05) is 42.5 Å². The SMILES string of the molecule is COCCNC(=O)C1(Nc2ccccc2)CCCN(Cc2ccco2)C1. The first-order chi connectivity index (χ1) is 12.7. The second kappa shape index (κ2) is 8.87. The van der Waals surface area contributed by atoms with Gasteiger partial charge in [0.2, 0.25) is 5.91 Å². The van der Waals surface area contributed by atoms with Crippen molar-refractivity contribution in [3.8, 4) is 0 Å². The standard InChI is InChI=1S/C20H27N3O3/c1-25-14-11-21-19(24)20(22-17-7-3-2-4-8-17)10-6-12-23(16-20)15-18-9-5-13-26-18/h2-5,7-9,13,22H,6,10-12,14-16H2,1H3,(H,21,24). The van der Waals surface area contributed by atoms with Crippen molar-refractivity contribution in [2.75, 3.05) is 38.7 Å². The molecule has 1 fully saturated rings. The normalized spacial score (nSPS) is 20.7. The number of furan rings is 1.